The Morgan fingerprint density at radius 2 is 1.35 bits per heavy atom. The molecule has 1 aromatic carbocycles. The van der Waals surface area contributed by atoms with E-state index in [-0.39, 0.29) is 15.0 Å². The van der Waals surface area contributed by atoms with E-state index in [1.807, 2.05) is 39.0 Å². The van der Waals surface area contributed by atoms with E-state index in [9.17, 15) is 0 Å². The van der Waals surface area contributed by atoms with Crippen LogP contribution in [0, 0.1) is 0 Å². The predicted octanol–water partition coefficient (Wildman–Crippen LogP) is 1.74. The molecule has 0 fully saturated rings. The van der Waals surface area contributed by atoms with E-state index in [0.717, 1.165) is 0 Å². The zero-order chi connectivity index (χ0) is 12.6. The average molecular weight is 303 g/mol. The molecule has 0 amide bonds. The zero-order valence-electron chi connectivity index (χ0n) is 10.6. The number of benzene rings is 1. The van der Waals surface area contributed by atoms with E-state index in [2.05, 4.69) is 12.1 Å². The maximum absolute atomic E-state index is 5.70. The van der Waals surface area contributed by atoms with Gasteiger partial charge in [0.25, 0.3) is 0 Å². The first-order valence-corrected chi connectivity index (χ1v) is 7.63. The van der Waals surface area contributed by atoms with E-state index in [1.165, 1.54) is 4.46 Å². The van der Waals surface area contributed by atoms with Crippen molar-refractivity contribution in [3.63, 3.8) is 0 Å². The fourth-order valence-corrected chi connectivity index (χ4v) is 3.71. The van der Waals surface area contributed by atoms with Crippen molar-refractivity contribution < 1.29 is 14.2 Å². The van der Waals surface area contributed by atoms with E-state index in [0.29, 0.717) is 19.8 Å². The van der Waals surface area contributed by atoms with Crippen LogP contribution in [-0.2, 0) is 14.2 Å². The quantitative estimate of drug-likeness (QED) is 0.541. The van der Waals surface area contributed by atoms with Crippen LogP contribution in [0.1, 0.15) is 20.8 Å². The van der Waals surface area contributed by atoms with Crippen LogP contribution >= 0.6 is 0 Å². The summed E-state index contributed by atoms with van der Waals surface area (Å²) in [6.45, 7) is 7.59. The van der Waals surface area contributed by atoms with Crippen molar-refractivity contribution in [3.8, 4) is 0 Å². The van der Waals surface area contributed by atoms with Gasteiger partial charge in [-0.1, -0.05) is 0 Å². The van der Waals surface area contributed by atoms with Gasteiger partial charge < -0.3 is 0 Å². The molecule has 0 unspecified atom stereocenters. The van der Waals surface area contributed by atoms with Crippen molar-refractivity contribution in [2.24, 2.45) is 0 Å². The molecule has 17 heavy (non-hydrogen) atoms. The summed E-state index contributed by atoms with van der Waals surface area (Å²) in [5.41, 5.74) is 0. The molecule has 0 aromatic heterocycles. The van der Waals surface area contributed by atoms with Gasteiger partial charge in [-0.25, -0.2) is 0 Å². The molecule has 0 atom stereocenters. The van der Waals surface area contributed by atoms with Gasteiger partial charge in [-0.15, -0.1) is 0 Å². The Kier molecular flexibility index (Phi) is 6.78. The third-order valence-corrected chi connectivity index (χ3v) is 4.28. The summed E-state index contributed by atoms with van der Waals surface area (Å²) in [4.78, 5) is -0.882. The molecule has 4 heteroatoms. The first-order chi connectivity index (χ1) is 8.26. The van der Waals surface area contributed by atoms with Crippen LogP contribution in [0.4, 0.5) is 0 Å². The summed E-state index contributed by atoms with van der Waals surface area (Å²) in [6.07, 6.45) is 0. The van der Waals surface area contributed by atoms with Crippen LogP contribution in [0.15, 0.2) is 30.3 Å². The van der Waals surface area contributed by atoms with Crippen LogP contribution in [0.2, 0.25) is 0 Å². The van der Waals surface area contributed by atoms with Crippen molar-refractivity contribution in [2.75, 3.05) is 19.8 Å². The van der Waals surface area contributed by atoms with Gasteiger partial charge in [0, 0.05) is 0 Å². The van der Waals surface area contributed by atoms with Gasteiger partial charge in [0.1, 0.15) is 0 Å². The summed E-state index contributed by atoms with van der Waals surface area (Å²) in [7, 11) is 0. The first kappa shape index (κ1) is 14.7. The molecule has 0 spiro atoms. The molecular formula is C13H20O3Se. The number of rotatable bonds is 8. The number of hydrogen-bond donors (Lipinski definition) is 0. The van der Waals surface area contributed by atoms with Crippen LogP contribution in [-0.4, -0.2) is 39.6 Å². The Morgan fingerprint density at radius 1 is 0.882 bits per heavy atom. The SMILES string of the molecule is CCOC(OCC)(OCC)[Se]c1ccccc1. The molecule has 96 valence electrons. The normalized spacial score (nSPS) is 11.7. The molecule has 0 saturated heterocycles. The monoisotopic (exact) mass is 304 g/mol. The Balaban J connectivity index is 2.80. The van der Waals surface area contributed by atoms with Gasteiger partial charge in [0.2, 0.25) is 0 Å². The summed E-state index contributed by atoms with van der Waals surface area (Å²) in [5.74, 6) is 0. The number of ether oxygens (including phenoxy) is 3. The molecule has 0 aliphatic heterocycles. The molecule has 0 N–H and O–H groups in total. The zero-order valence-corrected chi connectivity index (χ0v) is 12.4. The molecule has 0 radical (unpaired) electrons. The van der Waals surface area contributed by atoms with Crippen molar-refractivity contribution >= 4 is 19.4 Å². The standard InChI is InChI=1S/C13H20O3Se/c1-4-14-13(15-5-2,16-6-3)17-12-10-8-7-9-11-12/h7-11H,4-6H2,1-3H3. The second-order valence-electron chi connectivity index (χ2n) is 3.21. The van der Waals surface area contributed by atoms with Crippen molar-refractivity contribution in [2.45, 2.75) is 25.6 Å². The summed E-state index contributed by atoms with van der Waals surface area (Å²) in [5, 5.41) is 0. The van der Waals surface area contributed by atoms with Gasteiger partial charge in [0.15, 0.2) is 0 Å². The Labute approximate surface area is 110 Å². The van der Waals surface area contributed by atoms with Crippen molar-refractivity contribution in [1.82, 2.24) is 0 Å². The van der Waals surface area contributed by atoms with Crippen molar-refractivity contribution in [1.29, 1.82) is 0 Å². The summed E-state index contributed by atoms with van der Waals surface area (Å²) < 4.78 is 18.3. The minimum atomic E-state index is -0.882. The van der Waals surface area contributed by atoms with Crippen LogP contribution in [0.3, 0.4) is 0 Å². The fourth-order valence-electron chi connectivity index (χ4n) is 1.38. The van der Waals surface area contributed by atoms with E-state index < -0.39 is 4.87 Å². The molecule has 0 heterocycles. The van der Waals surface area contributed by atoms with E-state index in [4.69, 9.17) is 14.2 Å². The molecule has 0 saturated carbocycles. The van der Waals surface area contributed by atoms with Crippen molar-refractivity contribution in [3.05, 3.63) is 30.3 Å². The Bertz CT molecular complexity index is 286. The summed E-state index contributed by atoms with van der Waals surface area (Å²) >= 11 is -0.0315. The van der Waals surface area contributed by atoms with Gasteiger partial charge >= 0.3 is 109 Å². The molecule has 3 nitrogen and oxygen atoms in total. The third-order valence-electron chi connectivity index (χ3n) is 1.95. The average Bonchev–Trinajstić information content (AvgIpc) is 2.31. The van der Waals surface area contributed by atoms with Gasteiger partial charge in [-0.2, -0.15) is 0 Å². The first-order valence-electron chi connectivity index (χ1n) is 5.92. The predicted molar refractivity (Wildman–Crippen MR) is 69.4 cm³/mol. The maximum atomic E-state index is 5.70. The molecule has 1 aromatic rings. The summed E-state index contributed by atoms with van der Waals surface area (Å²) in [6, 6.07) is 10.2. The second kappa shape index (κ2) is 7.85. The minimum absolute atomic E-state index is 0.0315. The van der Waals surface area contributed by atoms with E-state index in [1.54, 1.807) is 0 Å². The topological polar surface area (TPSA) is 27.7 Å². The van der Waals surface area contributed by atoms with Crippen LogP contribution < -0.4 is 4.46 Å². The molecule has 0 aliphatic carbocycles. The third kappa shape index (κ3) is 4.78. The van der Waals surface area contributed by atoms with Gasteiger partial charge in [-0.05, 0) is 0 Å². The fraction of sp³-hybridized carbons (Fsp3) is 0.538. The van der Waals surface area contributed by atoms with Crippen LogP contribution in [0.5, 0.6) is 0 Å². The Hall–Kier alpha value is -0.381. The molecule has 0 bridgehead atoms. The molecule has 0 aliphatic rings. The van der Waals surface area contributed by atoms with Gasteiger partial charge in [-0.3, -0.25) is 0 Å². The van der Waals surface area contributed by atoms with E-state index >= 15 is 0 Å². The molecular weight excluding hydrogens is 283 g/mol. The van der Waals surface area contributed by atoms with Crippen LogP contribution in [0.25, 0.3) is 0 Å². The van der Waals surface area contributed by atoms with Gasteiger partial charge in [0.05, 0.1) is 0 Å². The second-order valence-corrected chi connectivity index (χ2v) is 5.68. The molecule has 1 rings (SSSR count). The Morgan fingerprint density at radius 3 is 1.76 bits per heavy atom. The number of hydrogen-bond acceptors (Lipinski definition) is 3.